The predicted octanol–water partition coefficient (Wildman–Crippen LogP) is 3.20. The van der Waals surface area contributed by atoms with Crippen molar-refractivity contribution in [3.63, 3.8) is 0 Å². The van der Waals surface area contributed by atoms with E-state index in [1.807, 2.05) is 37.3 Å². The number of aromatic nitrogens is 2. The molecule has 1 aliphatic rings. The molecule has 3 aromatic rings. The molecular formula is C18H14N4O2. The van der Waals surface area contributed by atoms with E-state index in [-0.39, 0.29) is 11.8 Å². The Morgan fingerprint density at radius 1 is 1.25 bits per heavy atom. The van der Waals surface area contributed by atoms with Gasteiger partial charge in [-0.15, -0.1) is 5.10 Å². The SMILES string of the molecule is Cc1ccc([C@H]2C(C#N)=C(N)Oc3n[nH]c(-c4ccco4)c32)cc1. The first kappa shape index (κ1) is 14.2. The van der Waals surface area contributed by atoms with Crippen LogP contribution in [0.15, 0.2) is 58.5 Å². The van der Waals surface area contributed by atoms with Crippen molar-refractivity contribution in [3.8, 4) is 23.4 Å². The third-order valence-corrected chi connectivity index (χ3v) is 4.12. The largest absolute Gasteiger partial charge is 0.463 e. The molecule has 0 spiro atoms. The van der Waals surface area contributed by atoms with E-state index in [0.29, 0.717) is 22.9 Å². The molecule has 3 N–H and O–H groups in total. The molecule has 24 heavy (non-hydrogen) atoms. The molecule has 1 atom stereocenters. The first-order chi connectivity index (χ1) is 11.7. The zero-order valence-electron chi connectivity index (χ0n) is 12.9. The quantitative estimate of drug-likeness (QED) is 0.755. The van der Waals surface area contributed by atoms with Gasteiger partial charge < -0.3 is 14.9 Å². The van der Waals surface area contributed by atoms with Crippen LogP contribution >= 0.6 is 0 Å². The summed E-state index contributed by atoms with van der Waals surface area (Å²) in [6, 6.07) is 13.8. The minimum atomic E-state index is -0.363. The maximum Gasteiger partial charge on any atom is 0.244 e. The zero-order valence-corrected chi connectivity index (χ0v) is 12.9. The van der Waals surface area contributed by atoms with Crippen LogP contribution in [0, 0.1) is 18.3 Å². The topological polar surface area (TPSA) is 101 Å². The molecule has 6 nitrogen and oxygen atoms in total. The molecule has 0 saturated carbocycles. The van der Waals surface area contributed by atoms with Gasteiger partial charge in [-0.3, -0.25) is 5.10 Å². The number of ether oxygens (including phenoxy) is 1. The van der Waals surface area contributed by atoms with Crippen LogP contribution in [-0.4, -0.2) is 10.2 Å². The number of nitrogens with zero attached hydrogens (tertiary/aromatic N) is 2. The fraction of sp³-hybridized carbons (Fsp3) is 0.111. The first-order valence-corrected chi connectivity index (χ1v) is 7.45. The van der Waals surface area contributed by atoms with Crippen LogP contribution in [0.25, 0.3) is 11.5 Å². The number of aromatic amines is 1. The Bertz CT molecular complexity index is 960. The van der Waals surface area contributed by atoms with Gasteiger partial charge in [0.25, 0.3) is 0 Å². The van der Waals surface area contributed by atoms with E-state index in [1.54, 1.807) is 12.3 Å². The summed E-state index contributed by atoms with van der Waals surface area (Å²) >= 11 is 0. The molecule has 118 valence electrons. The summed E-state index contributed by atoms with van der Waals surface area (Å²) < 4.78 is 11.0. The van der Waals surface area contributed by atoms with Crippen LogP contribution in [0.2, 0.25) is 0 Å². The summed E-state index contributed by atoms with van der Waals surface area (Å²) in [6.07, 6.45) is 1.59. The van der Waals surface area contributed by atoms with Crippen LogP contribution < -0.4 is 10.5 Å². The van der Waals surface area contributed by atoms with Gasteiger partial charge in [0.15, 0.2) is 5.76 Å². The molecule has 3 heterocycles. The summed E-state index contributed by atoms with van der Waals surface area (Å²) in [5.41, 5.74) is 9.82. The van der Waals surface area contributed by atoms with Crippen molar-refractivity contribution in [2.24, 2.45) is 5.73 Å². The van der Waals surface area contributed by atoms with Crippen molar-refractivity contribution in [1.29, 1.82) is 5.26 Å². The van der Waals surface area contributed by atoms with Gasteiger partial charge in [-0.25, -0.2) is 0 Å². The van der Waals surface area contributed by atoms with Gasteiger partial charge in [0.05, 0.1) is 17.7 Å². The molecule has 1 aliphatic heterocycles. The van der Waals surface area contributed by atoms with Crippen molar-refractivity contribution < 1.29 is 9.15 Å². The number of hydrogen-bond donors (Lipinski definition) is 2. The lowest BCUT2D eigenvalue weighted by molar-refractivity contribution is 0.379. The van der Waals surface area contributed by atoms with Gasteiger partial charge >= 0.3 is 0 Å². The fourth-order valence-corrected chi connectivity index (χ4v) is 2.95. The Balaban J connectivity index is 1.95. The molecule has 4 rings (SSSR count). The molecule has 0 aliphatic carbocycles. The second-order valence-electron chi connectivity index (χ2n) is 5.63. The van der Waals surface area contributed by atoms with Crippen molar-refractivity contribution in [2.45, 2.75) is 12.8 Å². The Kier molecular flexibility index (Phi) is 3.14. The van der Waals surface area contributed by atoms with E-state index < -0.39 is 0 Å². The average molecular weight is 318 g/mol. The highest BCUT2D eigenvalue weighted by Crippen LogP contribution is 2.45. The highest BCUT2D eigenvalue weighted by atomic mass is 16.5. The molecule has 2 aromatic heterocycles. The zero-order chi connectivity index (χ0) is 16.7. The minimum absolute atomic E-state index is 0.0769. The smallest absolute Gasteiger partial charge is 0.244 e. The lowest BCUT2D eigenvalue weighted by Gasteiger charge is -2.23. The van der Waals surface area contributed by atoms with E-state index in [4.69, 9.17) is 14.9 Å². The van der Waals surface area contributed by atoms with Crippen LogP contribution in [0.4, 0.5) is 0 Å². The summed E-state index contributed by atoms with van der Waals surface area (Å²) in [7, 11) is 0. The monoisotopic (exact) mass is 318 g/mol. The Morgan fingerprint density at radius 2 is 2.04 bits per heavy atom. The minimum Gasteiger partial charge on any atom is -0.463 e. The number of rotatable bonds is 2. The average Bonchev–Trinajstić information content (AvgIpc) is 3.23. The van der Waals surface area contributed by atoms with Crippen LogP contribution in [0.5, 0.6) is 5.88 Å². The van der Waals surface area contributed by atoms with E-state index in [0.717, 1.165) is 16.7 Å². The summed E-state index contributed by atoms with van der Waals surface area (Å²) in [4.78, 5) is 0. The summed E-state index contributed by atoms with van der Waals surface area (Å²) in [5.74, 6) is 0.706. The van der Waals surface area contributed by atoms with Gasteiger partial charge in [-0.05, 0) is 24.6 Å². The van der Waals surface area contributed by atoms with Gasteiger partial charge in [0.2, 0.25) is 11.8 Å². The molecule has 0 fully saturated rings. The Hall–Kier alpha value is -3.46. The highest BCUT2D eigenvalue weighted by Gasteiger charge is 2.36. The standard InChI is InChI=1S/C18H14N4O2/c1-10-4-6-11(7-5-10)14-12(9-19)17(20)24-18-15(14)16(21-22-18)13-3-2-8-23-13/h2-8,14H,20H2,1H3,(H,21,22)/t14-/m0/s1. The normalized spacial score (nSPS) is 16.4. The molecular weight excluding hydrogens is 304 g/mol. The van der Waals surface area contributed by atoms with Crippen LogP contribution in [0.3, 0.4) is 0 Å². The maximum absolute atomic E-state index is 9.61. The number of benzene rings is 1. The van der Waals surface area contributed by atoms with Crippen molar-refractivity contribution in [3.05, 3.63) is 70.8 Å². The highest BCUT2D eigenvalue weighted by molar-refractivity contribution is 5.67. The number of aryl methyl sites for hydroxylation is 1. The van der Waals surface area contributed by atoms with Crippen LogP contribution in [0.1, 0.15) is 22.6 Å². The van der Waals surface area contributed by atoms with Gasteiger partial charge in [0.1, 0.15) is 17.3 Å². The molecule has 0 bridgehead atoms. The van der Waals surface area contributed by atoms with E-state index >= 15 is 0 Å². The molecule has 0 saturated heterocycles. The third-order valence-electron chi connectivity index (χ3n) is 4.12. The molecule has 0 unspecified atom stereocenters. The third kappa shape index (κ3) is 2.07. The fourth-order valence-electron chi connectivity index (χ4n) is 2.95. The lowest BCUT2D eigenvalue weighted by atomic mass is 9.83. The van der Waals surface area contributed by atoms with Gasteiger partial charge in [-0.1, -0.05) is 29.8 Å². The van der Waals surface area contributed by atoms with E-state index in [2.05, 4.69) is 16.3 Å². The Labute approximate surface area is 138 Å². The van der Waals surface area contributed by atoms with E-state index in [9.17, 15) is 5.26 Å². The summed E-state index contributed by atoms with van der Waals surface area (Å²) in [6.45, 7) is 2.01. The summed E-state index contributed by atoms with van der Waals surface area (Å²) in [5, 5.41) is 16.7. The van der Waals surface area contributed by atoms with Crippen molar-refractivity contribution in [2.75, 3.05) is 0 Å². The van der Waals surface area contributed by atoms with Gasteiger partial charge in [-0.2, -0.15) is 5.26 Å². The number of allylic oxidation sites excluding steroid dienone is 1. The number of nitrogens with one attached hydrogen (secondary N) is 1. The number of hydrogen-bond acceptors (Lipinski definition) is 5. The van der Waals surface area contributed by atoms with Crippen molar-refractivity contribution in [1.82, 2.24) is 10.2 Å². The van der Waals surface area contributed by atoms with Crippen molar-refractivity contribution >= 4 is 0 Å². The molecule has 1 aromatic carbocycles. The second-order valence-corrected chi connectivity index (χ2v) is 5.63. The lowest BCUT2D eigenvalue weighted by Crippen LogP contribution is -2.20. The predicted molar refractivity (Wildman–Crippen MR) is 86.8 cm³/mol. The number of H-pyrrole nitrogens is 1. The number of nitrogens with two attached hydrogens (primary N) is 1. The number of nitriles is 1. The van der Waals surface area contributed by atoms with Gasteiger partial charge in [0, 0.05) is 0 Å². The van der Waals surface area contributed by atoms with Crippen LogP contribution in [-0.2, 0) is 0 Å². The number of fused-ring (bicyclic) bond motifs is 1. The number of furan rings is 1. The molecule has 6 heteroatoms. The van der Waals surface area contributed by atoms with E-state index in [1.165, 1.54) is 0 Å². The maximum atomic E-state index is 9.61. The molecule has 0 radical (unpaired) electrons. The second kappa shape index (κ2) is 5.32. The molecule has 0 amide bonds. The Morgan fingerprint density at radius 3 is 2.71 bits per heavy atom. The first-order valence-electron chi connectivity index (χ1n) is 7.45.